The van der Waals surface area contributed by atoms with E-state index >= 15 is 0 Å². The second-order valence-corrected chi connectivity index (χ2v) is 12.1. The Hall–Kier alpha value is -1.80. The van der Waals surface area contributed by atoms with Gasteiger partial charge in [0, 0.05) is 6.42 Å². The fourth-order valence-electron chi connectivity index (χ4n) is 3.25. The third-order valence-corrected chi connectivity index (χ3v) is 6.57. The van der Waals surface area contributed by atoms with Crippen LogP contribution in [0.1, 0.15) is 78.1 Å². The van der Waals surface area contributed by atoms with Gasteiger partial charge in [-0.1, -0.05) is 87.4 Å². The number of hydrogen-bond acceptors (Lipinski definition) is 7. The lowest BCUT2D eigenvalue weighted by Gasteiger charge is -2.28. The standard InChI is InChI=1S/C32H56NO7P/c1-6-8-10-11-12-13-14-15-16-17-18-19-20-21-22-24-27-37-29-31(40-32(34)25-23-9-7-2)30-39-41(35,36)38-28-26-33(3,4)5/h8,10,12-13,15-16,18-19,21-22,31H,6-7,9,11,14,17,20,23-30H2,1-5H3/b10-8-,13-12-,16-15-,19-18-,22-21-. The quantitative estimate of drug-likeness (QED) is 0.0354. The van der Waals surface area contributed by atoms with E-state index < -0.39 is 13.9 Å². The zero-order chi connectivity index (χ0) is 30.7. The fourth-order valence-corrected chi connectivity index (χ4v) is 3.98. The van der Waals surface area contributed by atoms with Crippen LogP contribution in [-0.2, 0) is 27.9 Å². The van der Waals surface area contributed by atoms with Gasteiger partial charge in [0.25, 0.3) is 7.82 Å². The molecule has 0 saturated carbocycles. The van der Waals surface area contributed by atoms with Gasteiger partial charge in [0.1, 0.15) is 19.3 Å². The molecule has 0 aromatic rings. The lowest BCUT2D eigenvalue weighted by atomic mass is 10.2. The highest BCUT2D eigenvalue weighted by Gasteiger charge is 2.20. The molecule has 9 heteroatoms. The van der Waals surface area contributed by atoms with Crippen molar-refractivity contribution >= 4 is 13.8 Å². The number of hydrogen-bond donors (Lipinski definition) is 0. The van der Waals surface area contributed by atoms with Crippen molar-refractivity contribution in [2.45, 2.75) is 84.2 Å². The third kappa shape index (κ3) is 29.5. The van der Waals surface area contributed by atoms with Crippen molar-refractivity contribution in [2.75, 3.05) is 54.1 Å². The van der Waals surface area contributed by atoms with Gasteiger partial charge in [0.15, 0.2) is 0 Å². The normalized spacial score (nSPS) is 15.2. The minimum absolute atomic E-state index is 0.00942. The number of phosphoric acid groups is 1. The summed E-state index contributed by atoms with van der Waals surface area (Å²) in [4.78, 5) is 24.3. The van der Waals surface area contributed by atoms with E-state index in [2.05, 4.69) is 68.5 Å². The molecule has 0 aromatic heterocycles. The van der Waals surface area contributed by atoms with Gasteiger partial charge in [-0.05, 0) is 44.9 Å². The molecule has 0 amide bonds. The molecule has 0 saturated heterocycles. The van der Waals surface area contributed by atoms with Crippen molar-refractivity contribution in [1.82, 2.24) is 0 Å². The first-order chi connectivity index (χ1) is 19.6. The Kier molecular flexibility index (Phi) is 24.7. The molecule has 0 aliphatic rings. The molecule has 0 heterocycles. The Morgan fingerprint density at radius 1 is 0.780 bits per heavy atom. The summed E-state index contributed by atoms with van der Waals surface area (Å²) < 4.78 is 33.7. The number of likely N-dealkylation sites (N-methyl/N-ethyl adjacent to an activating group) is 1. The highest BCUT2D eigenvalue weighted by molar-refractivity contribution is 7.45. The van der Waals surface area contributed by atoms with Crippen molar-refractivity contribution in [2.24, 2.45) is 0 Å². The summed E-state index contributed by atoms with van der Waals surface area (Å²) >= 11 is 0. The predicted octanol–water partition coefficient (Wildman–Crippen LogP) is 6.84. The van der Waals surface area contributed by atoms with E-state index in [1.54, 1.807) is 0 Å². The number of quaternary nitrogens is 1. The lowest BCUT2D eigenvalue weighted by molar-refractivity contribution is -0.870. The van der Waals surface area contributed by atoms with Gasteiger partial charge in [-0.25, -0.2) is 0 Å². The molecule has 0 N–H and O–H groups in total. The number of ether oxygens (including phenoxy) is 2. The summed E-state index contributed by atoms with van der Waals surface area (Å²) in [6.45, 7) is 4.83. The molecular formula is C32H56NO7P. The van der Waals surface area contributed by atoms with Crippen LogP contribution in [0.3, 0.4) is 0 Å². The summed E-state index contributed by atoms with van der Waals surface area (Å²) in [6, 6.07) is 0. The molecule has 8 nitrogen and oxygen atoms in total. The minimum atomic E-state index is -4.51. The molecule has 236 valence electrons. The summed E-state index contributed by atoms with van der Waals surface area (Å²) in [5.41, 5.74) is 0. The van der Waals surface area contributed by atoms with E-state index in [-0.39, 0.29) is 32.2 Å². The second-order valence-electron chi connectivity index (χ2n) is 10.7. The zero-order valence-corrected chi connectivity index (χ0v) is 27.1. The topological polar surface area (TPSA) is 94.1 Å². The third-order valence-electron chi connectivity index (χ3n) is 5.60. The Labute approximate surface area is 250 Å². The van der Waals surface area contributed by atoms with Crippen molar-refractivity contribution in [3.05, 3.63) is 60.8 Å². The number of carbonyl (C=O) groups excluding carboxylic acids is 1. The molecular weight excluding hydrogens is 541 g/mol. The smallest absolute Gasteiger partial charge is 0.306 e. The molecule has 0 rings (SSSR count). The summed E-state index contributed by atoms with van der Waals surface area (Å²) in [5.74, 6) is -0.389. The zero-order valence-electron chi connectivity index (χ0n) is 26.2. The van der Waals surface area contributed by atoms with Crippen LogP contribution in [0.15, 0.2) is 60.8 Å². The monoisotopic (exact) mass is 597 g/mol. The predicted molar refractivity (Wildman–Crippen MR) is 166 cm³/mol. The number of nitrogens with zero attached hydrogens (tertiary/aromatic N) is 1. The van der Waals surface area contributed by atoms with Crippen molar-refractivity contribution in [3.63, 3.8) is 0 Å². The van der Waals surface area contributed by atoms with E-state index in [1.165, 1.54) is 0 Å². The van der Waals surface area contributed by atoms with Crippen molar-refractivity contribution in [3.8, 4) is 0 Å². The summed E-state index contributed by atoms with van der Waals surface area (Å²) in [6.07, 6.45) is 29.0. The SMILES string of the molecule is CC/C=C\C/C=C\C/C=C\C/C=C\C/C=C\CCOCC(COP(=O)([O-])OCC[N+](C)(C)C)OC(=O)CCCCC. The number of carbonyl (C=O) groups is 1. The van der Waals surface area contributed by atoms with E-state index in [0.717, 1.165) is 51.4 Å². The van der Waals surface area contributed by atoms with Crippen LogP contribution >= 0.6 is 7.82 Å². The summed E-state index contributed by atoms with van der Waals surface area (Å²) in [5, 5.41) is 0. The van der Waals surface area contributed by atoms with Gasteiger partial charge in [-0.15, -0.1) is 0 Å². The maximum Gasteiger partial charge on any atom is 0.306 e. The average molecular weight is 598 g/mol. The lowest BCUT2D eigenvalue weighted by Crippen LogP contribution is -2.37. The molecule has 0 spiro atoms. The Balaban J connectivity index is 4.34. The molecule has 2 atom stereocenters. The van der Waals surface area contributed by atoms with E-state index in [9.17, 15) is 14.3 Å². The molecule has 0 aliphatic carbocycles. The highest BCUT2D eigenvalue weighted by Crippen LogP contribution is 2.38. The van der Waals surface area contributed by atoms with Crippen LogP contribution < -0.4 is 4.89 Å². The number of esters is 1. The van der Waals surface area contributed by atoms with Gasteiger partial charge < -0.3 is 27.9 Å². The maximum absolute atomic E-state index is 12.2. The van der Waals surface area contributed by atoms with Gasteiger partial charge in [0.2, 0.25) is 0 Å². The maximum atomic E-state index is 12.2. The largest absolute Gasteiger partial charge is 0.756 e. The van der Waals surface area contributed by atoms with Crippen LogP contribution in [0.5, 0.6) is 0 Å². The summed E-state index contributed by atoms with van der Waals surface area (Å²) in [7, 11) is 1.29. The first-order valence-electron chi connectivity index (χ1n) is 15.0. The molecule has 0 aromatic carbocycles. The number of unbranched alkanes of at least 4 members (excludes halogenated alkanes) is 2. The number of allylic oxidation sites excluding steroid dienone is 9. The Morgan fingerprint density at radius 3 is 1.88 bits per heavy atom. The Morgan fingerprint density at radius 2 is 1.34 bits per heavy atom. The fraction of sp³-hybridized carbons (Fsp3) is 0.656. The minimum Gasteiger partial charge on any atom is -0.756 e. The second kappa shape index (κ2) is 25.9. The van der Waals surface area contributed by atoms with Crippen LogP contribution in [-0.4, -0.2) is 70.7 Å². The van der Waals surface area contributed by atoms with Crippen LogP contribution in [0.2, 0.25) is 0 Å². The van der Waals surface area contributed by atoms with Crippen LogP contribution in [0.4, 0.5) is 0 Å². The number of phosphoric ester groups is 1. The molecule has 0 aliphatic heterocycles. The number of rotatable bonds is 26. The van der Waals surface area contributed by atoms with Gasteiger partial charge in [-0.2, -0.15) is 0 Å². The van der Waals surface area contributed by atoms with Gasteiger partial charge in [-0.3, -0.25) is 9.36 Å². The van der Waals surface area contributed by atoms with Crippen molar-refractivity contribution < 1.29 is 37.3 Å². The molecule has 41 heavy (non-hydrogen) atoms. The van der Waals surface area contributed by atoms with E-state index in [0.29, 0.717) is 24.1 Å². The van der Waals surface area contributed by atoms with Gasteiger partial charge in [0.05, 0.1) is 41.0 Å². The molecule has 2 unspecified atom stereocenters. The van der Waals surface area contributed by atoms with E-state index in [1.807, 2.05) is 27.2 Å². The van der Waals surface area contributed by atoms with Crippen LogP contribution in [0.25, 0.3) is 0 Å². The van der Waals surface area contributed by atoms with Crippen LogP contribution in [0, 0.1) is 0 Å². The first-order valence-corrected chi connectivity index (χ1v) is 16.5. The average Bonchev–Trinajstić information content (AvgIpc) is 2.90. The highest BCUT2D eigenvalue weighted by atomic mass is 31.2. The van der Waals surface area contributed by atoms with E-state index in [4.69, 9.17) is 18.5 Å². The molecule has 0 bridgehead atoms. The van der Waals surface area contributed by atoms with Gasteiger partial charge >= 0.3 is 5.97 Å². The molecule has 0 fully saturated rings. The Bertz CT molecular complexity index is 843. The first kappa shape index (κ1) is 39.2. The van der Waals surface area contributed by atoms with Crippen molar-refractivity contribution in [1.29, 1.82) is 0 Å². The molecule has 0 radical (unpaired) electrons.